The molecule has 1 aromatic rings. The second-order valence-corrected chi connectivity index (χ2v) is 4.70. The summed E-state index contributed by atoms with van der Waals surface area (Å²) in [6.45, 7) is 2.83. The number of benzene rings is 1. The molecule has 0 spiro atoms. The second-order valence-electron chi connectivity index (χ2n) is 4.70. The highest BCUT2D eigenvalue weighted by atomic mass is 16.7. The zero-order chi connectivity index (χ0) is 15.2. The predicted octanol–water partition coefficient (Wildman–Crippen LogP) is 1.60. The third-order valence-corrected chi connectivity index (χ3v) is 2.96. The van der Waals surface area contributed by atoms with E-state index < -0.39 is 30.4 Å². The van der Waals surface area contributed by atoms with Gasteiger partial charge < -0.3 is 18.9 Å². The van der Waals surface area contributed by atoms with Crippen molar-refractivity contribution in [2.45, 2.75) is 32.3 Å². The maximum absolute atomic E-state index is 11.1. The molecule has 2 rings (SSSR count). The maximum atomic E-state index is 11.1. The van der Waals surface area contributed by atoms with Crippen LogP contribution in [0, 0.1) is 0 Å². The van der Waals surface area contributed by atoms with Crippen LogP contribution in [0.1, 0.15) is 25.7 Å². The van der Waals surface area contributed by atoms with E-state index in [0.717, 1.165) is 5.56 Å². The van der Waals surface area contributed by atoms with Gasteiger partial charge in [0.15, 0.2) is 12.4 Å². The molecule has 0 amide bonds. The molecule has 114 valence electrons. The van der Waals surface area contributed by atoms with E-state index in [4.69, 9.17) is 18.9 Å². The number of rotatable bonds is 4. The highest BCUT2D eigenvalue weighted by molar-refractivity contribution is 5.66. The van der Waals surface area contributed by atoms with Crippen LogP contribution in [0.5, 0.6) is 0 Å². The van der Waals surface area contributed by atoms with Gasteiger partial charge >= 0.3 is 11.9 Å². The Morgan fingerprint density at radius 1 is 1.19 bits per heavy atom. The molecule has 1 saturated heterocycles. The zero-order valence-corrected chi connectivity index (χ0v) is 12.0. The van der Waals surface area contributed by atoms with Crippen LogP contribution < -0.4 is 0 Å². The molecule has 0 radical (unpaired) electrons. The van der Waals surface area contributed by atoms with E-state index in [2.05, 4.69) is 0 Å². The van der Waals surface area contributed by atoms with Gasteiger partial charge in [-0.05, 0) is 0 Å². The minimum Gasteiger partial charge on any atom is -0.463 e. The fourth-order valence-electron chi connectivity index (χ4n) is 2.03. The van der Waals surface area contributed by atoms with Crippen molar-refractivity contribution in [3.05, 3.63) is 35.9 Å². The summed E-state index contributed by atoms with van der Waals surface area (Å²) in [5.41, 5.74) is 0.853. The summed E-state index contributed by atoms with van der Waals surface area (Å²) in [6, 6.07) is 9.40. The van der Waals surface area contributed by atoms with Gasteiger partial charge in [-0.3, -0.25) is 9.59 Å². The van der Waals surface area contributed by atoms with Crippen LogP contribution in [0.4, 0.5) is 0 Å². The average Bonchev–Trinajstić information content (AvgIpc) is 2.46. The Balaban J connectivity index is 2.04. The summed E-state index contributed by atoms with van der Waals surface area (Å²) in [7, 11) is 0. The topological polar surface area (TPSA) is 71.1 Å². The van der Waals surface area contributed by atoms with Crippen molar-refractivity contribution in [3.63, 3.8) is 0 Å². The van der Waals surface area contributed by atoms with Gasteiger partial charge in [-0.25, -0.2) is 0 Å². The smallest absolute Gasteiger partial charge is 0.303 e. The number of ether oxygens (including phenoxy) is 4. The van der Waals surface area contributed by atoms with Crippen molar-refractivity contribution in [3.8, 4) is 0 Å². The van der Waals surface area contributed by atoms with E-state index in [1.807, 2.05) is 30.3 Å². The number of hydrogen-bond acceptors (Lipinski definition) is 6. The number of esters is 2. The highest BCUT2D eigenvalue weighted by Crippen LogP contribution is 2.27. The maximum Gasteiger partial charge on any atom is 0.303 e. The molecule has 0 aromatic heterocycles. The van der Waals surface area contributed by atoms with Crippen LogP contribution in [0.15, 0.2) is 30.3 Å². The normalized spacial score (nSPS) is 25.1. The van der Waals surface area contributed by atoms with Crippen molar-refractivity contribution in [2.24, 2.45) is 0 Å². The molecule has 6 heteroatoms. The molecule has 1 aliphatic heterocycles. The Labute approximate surface area is 122 Å². The molecular weight excluding hydrogens is 276 g/mol. The van der Waals surface area contributed by atoms with Crippen molar-refractivity contribution in [1.82, 2.24) is 0 Å². The van der Waals surface area contributed by atoms with Crippen molar-refractivity contribution in [2.75, 3.05) is 13.2 Å². The first-order valence-corrected chi connectivity index (χ1v) is 6.69. The molecule has 0 bridgehead atoms. The fourth-order valence-corrected chi connectivity index (χ4v) is 2.03. The van der Waals surface area contributed by atoms with Crippen molar-refractivity contribution >= 4 is 11.9 Å². The van der Waals surface area contributed by atoms with Crippen LogP contribution in [0.2, 0.25) is 0 Å². The van der Waals surface area contributed by atoms with Gasteiger partial charge in [0.25, 0.3) is 0 Å². The SMILES string of the molecule is CC(=O)OC[C@@H]1OC(c2ccccc2)OC[C@H]1OC(C)=O. The van der Waals surface area contributed by atoms with Gasteiger partial charge in [0.1, 0.15) is 12.7 Å². The molecule has 3 atom stereocenters. The lowest BCUT2D eigenvalue weighted by Crippen LogP contribution is -2.45. The Hall–Kier alpha value is -1.92. The van der Waals surface area contributed by atoms with Crippen LogP contribution in [-0.4, -0.2) is 37.4 Å². The molecule has 1 aromatic carbocycles. The lowest BCUT2D eigenvalue weighted by Gasteiger charge is -2.35. The van der Waals surface area contributed by atoms with Gasteiger partial charge in [-0.2, -0.15) is 0 Å². The van der Waals surface area contributed by atoms with Crippen LogP contribution >= 0.6 is 0 Å². The number of carbonyl (C=O) groups excluding carboxylic acids is 2. The molecule has 1 aliphatic rings. The zero-order valence-electron chi connectivity index (χ0n) is 12.0. The summed E-state index contributed by atoms with van der Waals surface area (Å²) in [5.74, 6) is -0.846. The summed E-state index contributed by atoms with van der Waals surface area (Å²) >= 11 is 0. The minimum atomic E-state index is -0.596. The van der Waals surface area contributed by atoms with E-state index in [1.165, 1.54) is 13.8 Å². The second kappa shape index (κ2) is 7.19. The number of carbonyl (C=O) groups is 2. The molecule has 0 N–H and O–H groups in total. The summed E-state index contributed by atoms with van der Waals surface area (Å²) in [6.07, 6.45) is -1.72. The van der Waals surface area contributed by atoms with Crippen molar-refractivity contribution in [1.29, 1.82) is 0 Å². The quantitative estimate of drug-likeness (QED) is 0.785. The largest absolute Gasteiger partial charge is 0.463 e. The molecule has 21 heavy (non-hydrogen) atoms. The summed E-state index contributed by atoms with van der Waals surface area (Å²) in [4.78, 5) is 22.1. The molecule has 1 unspecified atom stereocenters. The van der Waals surface area contributed by atoms with Gasteiger partial charge in [0, 0.05) is 19.4 Å². The molecule has 0 aliphatic carbocycles. The van der Waals surface area contributed by atoms with Gasteiger partial charge in [0.05, 0.1) is 6.61 Å². The van der Waals surface area contributed by atoms with Crippen LogP contribution in [0.3, 0.4) is 0 Å². The Bertz CT molecular complexity index is 486. The fraction of sp³-hybridized carbons (Fsp3) is 0.467. The average molecular weight is 294 g/mol. The van der Waals surface area contributed by atoms with Gasteiger partial charge in [-0.15, -0.1) is 0 Å². The third-order valence-electron chi connectivity index (χ3n) is 2.96. The van der Waals surface area contributed by atoms with Crippen LogP contribution in [0.25, 0.3) is 0 Å². The first-order chi connectivity index (χ1) is 10.1. The molecule has 6 nitrogen and oxygen atoms in total. The molecular formula is C15H18O6. The van der Waals surface area contributed by atoms with Crippen molar-refractivity contribution < 1.29 is 28.5 Å². The standard InChI is InChI=1S/C15H18O6/c1-10(16)18-8-14-13(20-11(2)17)9-19-15(21-14)12-6-4-3-5-7-12/h3-7,13-15H,8-9H2,1-2H3/t13-,14+,15?/m1/s1. The summed E-state index contributed by atoms with van der Waals surface area (Å²) in [5, 5.41) is 0. The van der Waals surface area contributed by atoms with E-state index in [0.29, 0.717) is 0 Å². The lowest BCUT2D eigenvalue weighted by atomic mass is 10.1. The van der Waals surface area contributed by atoms with E-state index in [9.17, 15) is 9.59 Å². The molecule has 1 fully saturated rings. The molecule has 1 heterocycles. The summed E-state index contributed by atoms with van der Waals surface area (Å²) < 4.78 is 21.4. The van der Waals surface area contributed by atoms with Crippen LogP contribution in [-0.2, 0) is 28.5 Å². The van der Waals surface area contributed by atoms with Gasteiger partial charge in [0.2, 0.25) is 0 Å². The first kappa shape index (κ1) is 15.5. The first-order valence-electron chi connectivity index (χ1n) is 6.69. The Morgan fingerprint density at radius 3 is 2.52 bits per heavy atom. The minimum absolute atomic E-state index is 0.0139. The monoisotopic (exact) mass is 294 g/mol. The van der Waals surface area contributed by atoms with Gasteiger partial charge in [-0.1, -0.05) is 30.3 Å². The van der Waals surface area contributed by atoms with E-state index in [1.54, 1.807) is 0 Å². The van der Waals surface area contributed by atoms with E-state index >= 15 is 0 Å². The molecule has 0 saturated carbocycles. The Kier molecular flexibility index (Phi) is 5.30. The number of hydrogen-bond donors (Lipinski definition) is 0. The third kappa shape index (κ3) is 4.54. The Morgan fingerprint density at radius 2 is 1.90 bits per heavy atom. The predicted molar refractivity (Wildman–Crippen MR) is 72.2 cm³/mol. The lowest BCUT2D eigenvalue weighted by molar-refractivity contribution is -0.268. The van der Waals surface area contributed by atoms with E-state index in [-0.39, 0.29) is 13.2 Å². The highest BCUT2D eigenvalue weighted by Gasteiger charge is 2.35.